The van der Waals surface area contributed by atoms with E-state index in [2.05, 4.69) is 0 Å². The lowest BCUT2D eigenvalue weighted by molar-refractivity contribution is 0.0466. The summed E-state index contributed by atoms with van der Waals surface area (Å²) in [6.07, 6.45) is 1.68. The molecule has 2 atom stereocenters. The maximum absolute atomic E-state index is 12.3. The molecule has 0 aliphatic carbocycles. The van der Waals surface area contributed by atoms with Crippen LogP contribution in [0.1, 0.15) is 35.7 Å². The number of aliphatic hydroxyl groups excluding tert-OH is 1. The zero-order valence-corrected chi connectivity index (χ0v) is 11.2. The van der Waals surface area contributed by atoms with Crippen LogP contribution in [0.3, 0.4) is 0 Å². The Kier molecular flexibility index (Phi) is 3.84. The molecule has 0 bridgehead atoms. The second kappa shape index (κ2) is 5.19. The van der Waals surface area contributed by atoms with Gasteiger partial charge < -0.3 is 10.0 Å². The van der Waals surface area contributed by atoms with Crippen LogP contribution < -0.4 is 0 Å². The first-order chi connectivity index (χ1) is 8.09. The van der Waals surface area contributed by atoms with Gasteiger partial charge in [0.1, 0.15) is 0 Å². The highest BCUT2D eigenvalue weighted by atomic mass is 32.1. The lowest BCUT2D eigenvalue weighted by Crippen LogP contribution is -2.43. The molecular formula is C13H19NO2S. The third-order valence-electron chi connectivity index (χ3n) is 3.51. The molecule has 1 aliphatic heterocycles. The minimum Gasteiger partial charge on any atom is -0.393 e. The molecule has 3 nitrogen and oxygen atoms in total. The highest BCUT2D eigenvalue weighted by molar-refractivity contribution is 7.08. The van der Waals surface area contributed by atoms with Crippen LogP contribution in [0.15, 0.2) is 10.8 Å². The lowest BCUT2D eigenvalue weighted by atomic mass is 9.93. The van der Waals surface area contributed by atoms with Crippen molar-refractivity contribution < 1.29 is 9.90 Å². The number of carbonyl (C=O) groups is 1. The van der Waals surface area contributed by atoms with Crippen LogP contribution in [0, 0.1) is 12.8 Å². The van der Waals surface area contributed by atoms with Gasteiger partial charge in [-0.3, -0.25) is 4.79 Å². The van der Waals surface area contributed by atoms with Crippen molar-refractivity contribution in [3.63, 3.8) is 0 Å². The molecule has 0 spiro atoms. The molecule has 0 saturated carbocycles. The van der Waals surface area contributed by atoms with Crippen molar-refractivity contribution in [3.8, 4) is 0 Å². The smallest absolute Gasteiger partial charge is 0.254 e. The Bertz CT molecular complexity index is 400. The first-order valence-corrected chi connectivity index (χ1v) is 7.04. The largest absolute Gasteiger partial charge is 0.393 e. The molecule has 2 rings (SSSR count). The van der Waals surface area contributed by atoms with Gasteiger partial charge in [-0.25, -0.2) is 0 Å². The molecular weight excluding hydrogens is 234 g/mol. The molecule has 2 unspecified atom stereocenters. The fourth-order valence-corrected chi connectivity index (χ4v) is 3.16. The summed E-state index contributed by atoms with van der Waals surface area (Å²) < 4.78 is 0. The molecule has 1 aromatic heterocycles. The highest BCUT2D eigenvalue weighted by Crippen LogP contribution is 2.23. The van der Waals surface area contributed by atoms with Crippen LogP contribution >= 0.6 is 11.3 Å². The Morgan fingerprint density at radius 1 is 1.59 bits per heavy atom. The third-order valence-corrected chi connectivity index (χ3v) is 4.37. The molecule has 94 valence electrons. The number of rotatable bonds is 2. The summed E-state index contributed by atoms with van der Waals surface area (Å²) in [5.41, 5.74) is 1.88. The quantitative estimate of drug-likeness (QED) is 0.878. The summed E-state index contributed by atoms with van der Waals surface area (Å²) in [6, 6.07) is 0. The summed E-state index contributed by atoms with van der Waals surface area (Å²) >= 11 is 1.57. The fraction of sp³-hybridized carbons (Fsp3) is 0.615. The van der Waals surface area contributed by atoms with Gasteiger partial charge in [-0.15, -0.1) is 0 Å². The first-order valence-electron chi connectivity index (χ1n) is 6.09. The number of amides is 1. The normalized spacial score (nSPS) is 22.5. The van der Waals surface area contributed by atoms with E-state index in [0.29, 0.717) is 6.54 Å². The van der Waals surface area contributed by atoms with Crippen LogP contribution in [0.5, 0.6) is 0 Å². The van der Waals surface area contributed by atoms with Crippen molar-refractivity contribution >= 4 is 17.2 Å². The summed E-state index contributed by atoms with van der Waals surface area (Å²) in [5, 5.41) is 13.5. The van der Waals surface area contributed by atoms with E-state index in [1.165, 1.54) is 0 Å². The summed E-state index contributed by atoms with van der Waals surface area (Å²) in [5.74, 6) is 0.348. The number of carbonyl (C=O) groups excluding carboxylic acids is 1. The number of thiophene rings is 1. The Morgan fingerprint density at radius 2 is 2.35 bits per heavy atom. The van der Waals surface area contributed by atoms with Crippen molar-refractivity contribution in [1.82, 2.24) is 4.90 Å². The number of aryl methyl sites for hydroxylation is 1. The third kappa shape index (κ3) is 2.69. The average Bonchev–Trinajstić information content (AvgIpc) is 2.74. The summed E-state index contributed by atoms with van der Waals surface area (Å²) in [4.78, 5) is 14.2. The number of hydrogen-bond acceptors (Lipinski definition) is 3. The van der Waals surface area contributed by atoms with Gasteiger partial charge in [-0.1, -0.05) is 0 Å². The molecule has 17 heavy (non-hydrogen) atoms. The molecule has 4 heteroatoms. The van der Waals surface area contributed by atoms with Crippen molar-refractivity contribution in [2.45, 2.75) is 32.8 Å². The van der Waals surface area contributed by atoms with E-state index in [1.807, 2.05) is 29.5 Å². The Morgan fingerprint density at radius 3 is 2.94 bits per heavy atom. The van der Waals surface area contributed by atoms with E-state index in [1.54, 1.807) is 11.3 Å². The van der Waals surface area contributed by atoms with Crippen LogP contribution in [0.4, 0.5) is 0 Å². The standard InChI is InChI=1S/C13H19NO2S/c1-9-7-17-8-12(9)13(16)14-5-3-4-11(6-14)10(2)15/h7-8,10-11,15H,3-6H2,1-2H3. The topological polar surface area (TPSA) is 40.5 Å². The van der Waals surface area contributed by atoms with E-state index < -0.39 is 0 Å². The van der Waals surface area contributed by atoms with Gasteiger partial charge in [0.15, 0.2) is 0 Å². The molecule has 1 aliphatic rings. The number of aliphatic hydroxyl groups is 1. The molecule has 1 N–H and O–H groups in total. The molecule has 2 heterocycles. The molecule has 0 radical (unpaired) electrons. The van der Waals surface area contributed by atoms with E-state index in [4.69, 9.17) is 0 Å². The Balaban J connectivity index is 2.07. The van der Waals surface area contributed by atoms with E-state index >= 15 is 0 Å². The van der Waals surface area contributed by atoms with Crippen molar-refractivity contribution in [2.24, 2.45) is 5.92 Å². The predicted octanol–water partition coefficient (Wildman–Crippen LogP) is 2.29. The van der Waals surface area contributed by atoms with Crippen LogP contribution in [-0.4, -0.2) is 35.1 Å². The van der Waals surface area contributed by atoms with E-state index in [0.717, 1.165) is 30.5 Å². The second-order valence-electron chi connectivity index (χ2n) is 4.86. The van der Waals surface area contributed by atoms with Gasteiger partial charge in [-0.2, -0.15) is 11.3 Å². The van der Waals surface area contributed by atoms with Gasteiger partial charge in [0.25, 0.3) is 5.91 Å². The van der Waals surface area contributed by atoms with Crippen molar-refractivity contribution in [2.75, 3.05) is 13.1 Å². The maximum Gasteiger partial charge on any atom is 0.254 e. The average molecular weight is 253 g/mol. The zero-order valence-electron chi connectivity index (χ0n) is 10.3. The van der Waals surface area contributed by atoms with Gasteiger partial charge in [0.05, 0.1) is 11.7 Å². The van der Waals surface area contributed by atoms with Crippen LogP contribution in [-0.2, 0) is 0 Å². The Labute approximate surface area is 106 Å². The number of hydrogen-bond donors (Lipinski definition) is 1. The number of nitrogens with zero attached hydrogens (tertiary/aromatic N) is 1. The molecule has 0 aromatic carbocycles. The minimum absolute atomic E-state index is 0.120. The van der Waals surface area contributed by atoms with Gasteiger partial charge in [0, 0.05) is 24.4 Å². The minimum atomic E-state index is -0.325. The molecule has 1 aromatic rings. The van der Waals surface area contributed by atoms with Gasteiger partial charge >= 0.3 is 0 Å². The summed E-state index contributed by atoms with van der Waals surface area (Å²) in [6.45, 7) is 5.29. The highest BCUT2D eigenvalue weighted by Gasteiger charge is 2.27. The maximum atomic E-state index is 12.3. The van der Waals surface area contributed by atoms with E-state index in [-0.39, 0.29) is 17.9 Å². The fourth-order valence-electron chi connectivity index (χ4n) is 2.34. The molecule has 1 fully saturated rings. The Hall–Kier alpha value is -0.870. The molecule has 1 amide bonds. The number of piperidine rings is 1. The first kappa shape index (κ1) is 12.6. The lowest BCUT2D eigenvalue weighted by Gasteiger charge is -2.34. The van der Waals surface area contributed by atoms with Gasteiger partial charge in [-0.05, 0) is 37.6 Å². The zero-order chi connectivity index (χ0) is 12.4. The van der Waals surface area contributed by atoms with Crippen LogP contribution in [0.25, 0.3) is 0 Å². The van der Waals surface area contributed by atoms with E-state index in [9.17, 15) is 9.90 Å². The summed E-state index contributed by atoms with van der Waals surface area (Å²) in [7, 11) is 0. The van der Waals surface area contributed by atoms with Crippen molar-refractivity contribution in [3.05, 3.63) is 21.9 Å². The SMILES string of the molecule is Cc1cscc1C(=O)N1CCCC(C(C)O)C1. The van der Waals surface area contributed by atoms with Crippen molar-refractivity contribution in [1.29, 1.82) is 0 Å². The van der Waals surface area contributed by atoms with Gasteiger partial charge in [0.2, 0.25) is 0 Å². The van der Waals surface area contributed by atoms with Crippen LogP contribution in [0.2, 0.25) is 0 Å². The second-order valence-corrected chi connectivity index (χ2v) is 5.61. The monoisotopic (exact) mass is 253 g/mol. The number of likely N-dealkylation sites (tertiary alicyclic amines) is 1. The predicted molar refractivity (Wildman–Crippen MR) is 69.4 cm³/mol. The molecule has 1 saturated heterocycles.